The van der Waals surface area contributed by atoms with E-state index in [1.165, 1.54) is 6.07 Å². The van der Waals surface area contributed by atoms with Crippen molar-refractivity contribution in [2.24, 2.45) is 4.99 Å². The summed E-state index contributed by atoms with van der Waals surface area (Å²) >= 11 is 0. The van der Waals surface area contributed by atoms with Crippen LogP contribution in [0.4, 0.5) is 10.1 Å². The Morgan fingerprint density at radius 1 is 1.35 bits per heavy atom. The van der Waals surface area contributed by atoms with E-state index >= 15 is 0 Å². The molecule has 0 fully saturated rings. The van der Waals surface area contributed by atoms with Crippen LogP contribution in [0.3, 0.4) is 0 Å². The molecule has 0 radical (unpaired) electrons. The second kappa shape index (κ2) is 9.50. The lowest BCUT2D eigenvalue weighted by Crippen LogP contribution is -2.39. The molecular weight excluding hydrogens is 333 g/mol. The maximum absolute atomic E-state index is 13.8. The first-order chi connectivity index (χ1) is 12.5. The summed E-state index contributed by atoms with van der Waals surface area (Å²) in [5.74, 6) is 0.000458. The van der Waals surface area contributed by atoms with Gasteiger partial charge in [-0.15, -0.1) is 0 Å². The van der Waals surface area contributed by atoms with E-state index in [4.69, 9.17) is 0 Å². The number of benzene rings is 1. The highest BCUT2D eigenvalue weighted by Gasteiger charge is 2.10. The van der Waals surface area contributed by atoms with Crippen molar-refractivity contribution in [2.45, 2.75) is 26.8 Å². The normalized spacial score (nSPS) is 12.4. The number of hydrogen-bond donors (Lipinski definition) is 3. The number of pyridine rings is 1. The van der Waals surface area contributed by atoms with Gasteiger partial charge >= 0.3 is 0 Å². The largest absolute Gasteiger partial charge is 0.357 e. The molecule has 1 unspecified atom stereocenters. The molecule has 2 rings (SSSR count). The number of amides is 1. The van der Waals surface area contributed by atoms with Gasteiger partial charge in [0.1, 0.15) is 12.4 Å². The minimum atomic E-state index is -0.246. The molecule has 7 heteroatoms. The first kappa shape index (κ1) is 19.4. The van der Waals surface area contributed by atoms with Crippen LogP contribution in [-0.2, 0) is 4.79 Å². The summed E-state index contributed by atoms with van der Waals surface area (Å²) in [6.45, 7) is 6.17. The summed E-state index contributed by atoms with van der Waals surface area (Å²) < 4.78 is 13.8. The molecule has 0 aliphatic rings. The van der Waals surface area contributed by atoms with Crippen molar-refractivity contribution < 1.29 is 9.18 Å². The number of aryl methyl sites for hydroxylation is 1. The Morgan fingerprint density at radius 2 is 2.15 bits per heavy atom. The van der Waals surface area contributed by atoms with Gasteiger partial charge in [0.05, 0.1) is 17.9 Å². The number of halogens is 1. The topological polar surface area (TPSA) is 78.4 Å². The van der Waals surface area contributed by atoms with Gasteiger partial charge in [-0.05, 0) is 50.1 Å². The molecule has 0 bridgehead atoms. The van der Waals surface area contributed by atoms with Crippen molar-refractivity contribution in [2.75, 3.05) is 18.4 Å². The molecule has 3 N–H and O–H groups in total. The molecule has 0 spiro atoms. The smallest absolute Gasteiger partial charge is 0.246 e. The van der Waals surface area contributed by atoms with E-state index in [1.807, 2.05) is 19.9 Å². The Bertz CT molecular complexity index is 764. The van der Waals surface area contributed by atoms with E-state index in [0.29, 0.717) is 23.8 Å². The summed E-state index contributed by atoms with van der Waals surface area (Å²) in [4.78, 5) is 20.2. The number of carbonyl (C=O) groups excluding carboxylic acids is 1. The predicted molar refractivity (Wildman–Crippen MR) is 102 cm³/mol. The van der Waals surface area contributed by atoms with Gasteiger partial charge in [0.2, 0.25) is 5.91 Å². The van der Waals surface area contributed by atoms with Crippen LogP contribution in [0.15, 0.2) is 47.7 Å². The van der Waals surface area contributed by atoms with Gasteiger partial charge in [-0.1, -0.05) is 12.1 Å². The number of nitrogens with one attached hydrogen (secondary N) is 3. The Morgan fingerprint density at radius 3 is 2.81 bits per heavy atom. The maximum Gasteiger partial charge on any atom is 0.246 e. The highest BCUT2D eigenvalue weighted by atomic mass is 19.1. The number of guanidine groups is 1. The van der Waals surface area contributed by atoms with Crippen molar-refractivity contribution in [3.05, 3.63) is 59.7 Å². The molecule has 138 valence electrons. The van der Waals surface area contributed by atoms with Crippen LogP contribution in [0, 0.1) is 12.7 Å². The standard InChI is InChI=1S/C19H24FN5O/c1-4-22-19(23-12-18(26)25-16-6-5-9-21-11-16)24-14(3)15-8-7-13(2)17(20)10-15/h5-11,14H,4,12H2,1-3H3,(H,25,26)(H2,22,23,24). The van der Waals surface area contributed by atoms with E-state index < -0.39 is 0 Å². The monoisotopic (exact) mass is 357 g/mol. The second-order valence-electron chi connectivity index (χ2n) is 5.86. The molecule has 6 nitrogen and oxygen atoms in total. The summed E-state index contributed by atoms with van der Waals surface area (Å²) in [6.07, 6.45) is 3.20. The molecule has 2 aromatic rings. The zero-order valence-corrected chi connectivity index (χ0v) is 15.2. The third kappa shape index (κ3) is 5.84. The highest BCUT2D eigenvalue weighted by Crippen LogP contribution is 2.16. The lowest BCUT2D eigenvalue weighted by atomic mass is 10.1. The van der Waals surface area contributed by atoms with E-state index in [9.17, 15) is 9.18 Å². The number of anilines is 1. The van der Waals surface area contributed by atoms with Gasteiger partial charge in [-0.3, -0.25) is 9.78 Å². The molecule has 26 heavy (non-hydrogen) atoms. The Kier molecular flexibility index (Phi) is 7.08. The molecule has 0 saturated carbocycles. The van der Waals surface area contributed by atoms with Crippen LogP contribution in [0.2, 0.25) is 0 Å². The van der Waals surface area contributed by atoms with E-state index in [0.717, 1.165) is 5.56 Å². The maximum atomic E-state index is 13.8. The minimum Gasteiger partial charge on any atom is -0.357 e. The van der Waals surface area contributed by atoms with Gasteiger partial charge in [-0.25, -0.2) is 9.38 Å². The summed E-state index contributed by atoms with van der Waals surface area (Å²) in [7, 11) is 0. The Hall–Kier alpha value is -2.96. The molecule has 0 aliphatic carbocycles. The lowest BCUT2D eigenvalue weighted by molar-refractivity contribution is -0.114. The van der Waals surface area contributed by atoms with Crippen LogP contribution in [0.5, 0.6) is 0 Å². The molecule has 0 aliphatic heterocycles. The number of nitrogens with zero attached hydrogens (tertiary/aromatic N) is 2. The van der Waals surface area contributed by atoms with Crippen LogP contribution in [0.25, 0.3) is 0 Å². The first-order valence-electron chi connectivity index (χ1n) is 8.50. The fraction of sp³-hybridized carbons (Fsp3) is 0.316. The summed E-state index contributed by atoms with van der Waals surface area (Å²) in [5, 5.41) is 8.99. The zero-order chi connectivity index (χ0) is 18.9. The average molecular weight is 357 g/mol. The van der Waals surface area contributed by atoms with Gasteiger partial charge in [0.15, 0.2) is 5.96 Å². The third-order valence-corrected chi connectivity index (χ3v) is 3.72. The van der Waals surface area contributed by atoms with E-state index in [1.54, 1.807) is 37.5 Å². The molecule has 0 saturated heterocycles. The Balaban J connectivity index is 1.99. The minimum absolute atomic E-state index is 0.0425. The van der Waals surface area contributed by atoms with E-state index in [-0.39, 0.29) is 24.3 Å². The number of rotatable bonds is 6. The highest BCUT2D eigenvalue weighted by molar-refractivity contribution is 5.93. The van der Waals surface area contributed by atoms with Crippen LogP contribution in [-0.4, -0.2) is 29.9 Å². The van der Waals surface area contributed by atoms with Crippen molar-refractivity contribution in [1.29, 1.82) is 0 Å². The fourth-order valence-electron chi connectivity index (χ4n) is 2.27. The fourth-order valence-corrected chi connectivity index (χ4v) is 2.27. The molecule has 1 amide bonds. The summed E-state index contributed by atoms with van der Waals surface area (Å²) in [5.41, 5.74) is 2.03. The van der Waals surface area contributed by atoms with Gasteiger partial charge in [0.25, 0.3) is 0 Å². The molecule has 1 aromatic carbocycles. The number of hydrogen-bond acceptors (Lipinski definition) is 3. The number of carbonyl (C=O) groups is 1. The molecule has 1 heterocycles. The van der Waals surface area contributed by atoms with Crippen molar-refractivity contribution in [3.63, 3.8) is 0 Å². The molecular formula is C19H24FN5O. The van der Waals surface area contributed by atoms with Crippen molar-refractivity contribution in [3.8, 4) is 0 Å². The quantitative estimate of drug-likeness (QED) is 0.549. The zero-order valence-electron chi connectivity index (χ0n) is 15.2. The van der Waals surface area contributed by atoms with E-state index in [2.05, 4.69) is 25.9 Å². The number of aliphatic imine (C=N–C) groups is 1. The van der Waals surface area contributed by atoms with Crippen molar-refractivity contribution >= 4 is 17.6 Å². The predicted octanol–water partition coefficient (Wildman–Crippen LogP) is 2.78. The third-order valence-electron chi connectivity index (χ3n) is 3.72. The van der Waals surface area contributed by atoms with Gasteiger partial charge in [0, 0.05) is 12.7 Å². The van der Waals surface area contributed by atoms with Crippen LogP contribution >= 0.6 is 0 Å². The lowest BCUT2D eigenvalue weighted by Gasteiger charge is -2.18. The van der Waals surface area contributed by atoms with Crippen LogP contribution in [0.1, 0.15) is 31.0 Å². The first-order valence-corrected chi connectivity index (χ1v) is 8.50. The number of aromatic nitrogens is 1. The summed E-state index contributed by atoms with van der Waals surface area (Å²) in [6, 6.07) is 8.46. The second-order valence-corrected chi connectivity index (χ2v) is 5.86. The van der Waals surface area contributed by atoms with Gasteiger partial charge in [-0.2, -0.15) is 0 Å². The average Bonchev–Trinajstić information content (AvgIpc) is 2.63. The van der Waals surface area contributed by atoms with Crippen LogP contribution < -0.4 is 16.0 Å². The molecule has 1 atom stereocenters. The van der Waals surface area contributed by atoms with Gasteiger partial charge < -0.3 is 16.0 Å². The van der Waals surface area contributed by atoms with Crippen molar-refractivity contribution in [1.82, 2.24) is 15.6 Å². The SMILES string of the molecule is CCNC(=NCC(=O)Nc1cccnc1)NC(C)c1ccc(C)c(F)c1. The Labute approximate surface area is 152 Å². The molecule has 1 aromatic heterocycles.